The molecular weight excluding hydrogens is 891 g/mol. The zero-order valence-electron chi connectivity index (χ0n) is 35.0. The fraction of sp³-hybridized carbons (Fsp3) is 0.159. The normalized spacial score (nSPS) is 14.6. The summed E-state index contributed by atoms with van der Waals surface area (Å²) in [6.07, 6.45) is 0.756. The fourth-order valence-electron chi connectivity index (χ4n) is 5.94. The van der Waals surface area contributed by atoms with Crippen LogP contribution in [0.2, 0.25) is 0 Å². The smallest absolute Gasteiger partial charge is 0.335 e. The van der Waals surface area contributed by atoms with Crippen molar-refractivity contribution in [2.75, 3.05) is 13.7 Å². The molecule has 5 aromatic rings. The van der Waals surface area contributed by atoms with Gasteiger partial charge in [-0.25, -0.2) is 13.2 Å². The largest absolute Gasteiger partial charge is 0.497 e. The lowest BCUT2D eigenvalue weighted by Gasteiger charge is -2.11. The Labute approximate surface area is 375 Å². The number of hydrogen-bond acceptors (Lipinski definition) is 15. The van der Waals surface area contributed by atoms with Crippen molar-refractivity contribution in [2.24, 2.45) is 0 Å². The summed E-state index contributed by atoms with van der Waals surface area (Å²) in [7, 11) is 1.45. The molecule has 336 valence electrons. The van der Waals surface area contributed by atoms with Crippen LogP contribution in [-0.2, 0) is 45.6 Å². The highest BCUT2D eigenvalue weighted by Gasteiger charge is 2.40. The highest BCUT2D eigenvalue weighted by Crippen LogP contribution is 2.29. The number of rotatable bonds is 13. The van der Waals surface area contributed by atoms with Gasteiger partial charge in [0.05, 0.1) is 62.5 Å². The predicted octanol–water partition coefficient (Wildman–Crippen LogP) is 5.99. The number of carboxylic acids is 1. The second-order valence-electron chi connectivity index (χ2n) is 14.0. The van der Waals surface area contributed by atoms with E-state index in [1.54, 1.807) is 66.7 Å². The Balaban J connectivity index is 0.000000166. The second kappa shape index (κ2) is 20.6. The van der Waals surface area contributed by atoms with E-state index in [4.69, 9.17) is 24.0 Å². The van der Waals surface area contributed by atoms with Gasteiger partial charge in [-0.2, -0.15) is 0 Å². The maximum Gasteiger partial charge on any atom is 0.335 e. The number of ether oxygens (including phenoxy) is 1. The van der Waals surface area contributed by atoms with Crippen LogP contribution in [0.5, 0.6) is 5.75 Å². The molecule has 2 unspecified atom stereocenters. The molecular formula is C44H37N3O16S2. The van der Waals surface area contributed by atoms with Crippen molar-refractivity contribution in [2.45, 2.75) is 43.9 Å². The number of fused-ring (bicyclic) bond motifs is 3. The number of amides is 6. The number of carbonyl (C=O) groups is 7. The number of aromatic carboxylic acids is 1. The Morgan fingerprint density at radius 3 is 1.40 bits per heavy atom. The van der Waals surface area contributed by atoms with Gasteiger partial charge in [0.15, 0.2) is 0 Å². The van der Waals surface area contributed by atoms with E-state index in [0.717, 1.165) is 34.2 Å². The molecule has 0 fully saturated rings. The standard InChI is InChI=1S/C16H11NO7S.C16H13NO6S.C12H13NO3/c1-9-2-5-11(6-3-9)25(22)24-23-17-14(18)12-7-4-10(16(20)21)8-13(12)15(17)19;1-10-3-6-12(7-4-10)24(20)23-22-17-15(18)13-8-5-11(21-2)9-14(13)16(17)19;1-3-6-16-13-11(14)9-5-4-8(2)7-10(9)12(13)15/h2-8H,1H3,(H,20,21);3-9H,1-2H3;4-5,7H,3,6H2,1-2H3. The average molecular weight is 928 g/mol. The van der Waals surface area contributed by atoms with E-state index in [0.29, 0.717) is 38.5 Å². The topological polar surface area (TPSA) is 239 Å². The third kappa shape index (κ3) is 10.5. The molecule has 0 bridgehead atoms. The lowest BCUT2D eigenvalue weighted by molar-refractivity contribution is -0.312. The lowest BCUT2D eigenvalue weighted by Crippen LogP contribution is -2.30. The second-order valence-corrected chi connectivity index (χ2v) is 16.1. The van der Waals surface area contributed by atoms with E-state index in [2.05, 4.69) is 9.32 Å². The maximum atomic E-state index is 12.2. The van der Waals surface area contributed by atoms with E-state index >= 15 is 0 Å². The first kappa shape index (κ1) is 47.4. The minimum atomic E-state index is -2.06. The molecule has 0 aliphatic carbocycles. The van der Waals surface area contributed by atoms with Crippen LogP contribution in [0, 0.1) is 20.8 Å². The Bertz CT molecular complexity index is 2780. The molecule has 0 aromatic heterocycles. The molecule has 8 rings (SSSR count). The van der Waals surface area contributed by atoms with Crippen molar-refractivity contribution in [1.82, 2.24) is 15.2 Å². The number of carboxylic acid groups (broad SMARTS) is 1. The van der Waals surface area contributed by atoms with Gasteiger partial charge < -0.3 is 9.84 Å². The minimum absolute atomic E-state index is 0.0280. The SMILES string of the molecule is CCCON1C(=O)c2ccc(C)cc2C1=O.COc1ccc2c(c1)C(=O)N(OOS(=O)c1ccc(C)cc1)C2=O.Cc1ccc(S(=O)OON2C(=O)c3ccc(C(=O)O)cc3C2=O)cc1. The molecule has 21 heteroatoms. The quantitative estimate of drug-likeness (QED) is 0.0810. The number of carbonyl (C=O) groups excluding carboxylic acids is 6. The molecule has 5 aromatic carbocycles. The number of methoxy groups -OCH3 is 1. The molecule has 65 heavy (non-hydrogen) atoms. The van der Waals surface area contributed by atoms with Gasteiger partial charge in [0.25, 0.3) is 35.4 Å². The third-order valence-corrected chi connectivity index (χ3v) is 11.0. The van der Waals surface area contributed by atoms with Gasteiger partial charge in [0.1, 0.15) is 5.75 Å². The Morgan fingerprint density at radius 2 is 0.923 bits per heavy atom. The van der Waals surface area contributed by atoms with Crippen LogP contribution in [0.1, 0.15) is 103 Å². The van der Waals surface area contributed by atoms with Gasteiger partial charge in [-0.15, -0.1) is 23.9 Å². The van der Waals surface area contributed by atoms with Crippen molar-refractivity contribution in [1.29, 1.82) is 0 Å². The average Bonchev–Trinajstić information content (AvgIpc) is 3.80. The van der Waals surface area contributed by atoms with Crippen LogP contribution < -0.4 is 4.74 Å². The van der Waals surface area contributed by atoms with E-state index in [9.17, 15) is 42.0 Å². The van der Waals surface area contributed by atoms with Crippen molar-refractivity contribution in [3.63, 3.8) is 0 Å². The summed E-state index contributed by atoms with van der Waals surface area (Å²) < 4.78 is 38.3. The number of hydroxylamine groups is 6. The molecule has 3 aliphatic heterocycles. The van der Waals surface area contributed by atoms with Gasteiger partial charge in [0, 0.05) is 0 Å². The van der Waals surface area contributed by atoms with Gasteiger partial charge in [0.2, 0.25) is 22.2 Å². The number of benzene rings is 5. The minimum Gasteiger partial charge on any atom is -0.497 e. The van der Waals surface area contributed by atoms with Crippen LogP contribution in [0.15, 0.2) is 113 Å². The van der Waals surface area contributed by atoms with Crippen LogP contribution in [0.25, 0.3) is 0 Å². The predicted molar refractivity (Wildman–Crippen MR) is 225 cm³/mol. The highest BCUT2D eigenvalue weighted by atomic mass is 32.2. The zero-order chi connectivity index (χ0) is 47.1. The third-order valence-electron chi connectivity index (χ3n) is 9.34. The summed E-state index contributed by atoms with van der Waals surface area (Å²) in [5.74, 6) is -4.68. The molecule has 2 atom stereocenters. The molecule has 0 saturated carbocycles. The van der Waals surface area contributed by atoms with Crippen LogP contribution in [0.3, 0.4) is 0 Å². The van der Waals surface area contributed by atoms with Crippen molar-refractivity contribution >= 4 is 63.6 Å². The summed E-state index contributed by atoms with van der Waals surface area (Å²) in [5.41, 5.74) is 3.74. The number of hydrogen-bond donors (Lipinski definition) is 1. The van der Waals surface area contributed by atoms with Gasteiger partial charge >= 0.3 is 5.97 Å². The van der Waals surface area contributed by atoms with E-state index in [-0.39, 0.29) is 44.5 Å². The van der Waals surface area contributed by atoms with Crippen molar-refractivity contribution in [3.05, 3.63) is 159 Å². The van der Waals surface area contributed by atoms with Gasteiger partial charge in [-0.05, 0) is 100.0 Å². The molecule has 19 nitrogen and oxygen atoms in total. The number of aryl methyl sites for hydroxylation is 3. The summed E-state index contributed by atoms with van der Waals surface area (Å²) >= 11 is -4.04. The van der Waals surface area contributed by atoms with Gasteiger partial charge in [-0.1, -0.05) is 63.9 Å². The molecule has 1 N–H and O–H groups in total. The van der Waals surface area contributed by atoms with Crippen molar-refractivity contribution in [3.8, 4) is 5.75 Å². The molecule has 0 saturated heterocycles. The first-order valence-electron chi connectivity index (χ1n) is 19.2. The number of imide groups is 3. The van der Waals surface area contributed by atoms with Crippen LogP contribution >= 0.6 is 0 Å². The Morgan fingerprint density at radius 1 is 0.523 bits per heavy atom. The molecule has 0 spiro atoms. The monoisotopic (exact) mass is 927 g/mol. The number of nitrogens with zero attached hydrogens (tertiary/aromatic N) is 3. The summed E-state index contributed by atoms with van der Waals surface area (Å²) in [6, 6.07) is 26.3. The van der Waals surface area contributed by atoms with E-state index in [1.807, 2.05) is 33.8 Å². The molecule has 6 amide bonds. The summed E-state index contributed by atoms with van der Waals surface area (Å²) in [6.45, 7) is 7.91. The first-order chi connectivity index (χ1) is 31.0. The first-order valence-corrected chi connectivity index (χ1v) is 21.3. The van der Waals surface area contributed by atoms with Crippen molar-refractivity contribution < 1.29 is 75.3 Å². The molecule has 3 heterocycles. The highest BCUT2D eigenvalue weighted by molar-refractivity contribution is 7.80. The fourth-order valence-corrected chi connectivity index (χ4v) is 7.04. The van der Waals surface area contributed by atoms with E-state index in [1.165, 1.54) is 31.4 Å². The Kier molecular flexibility index (Phi) is 15.0. The molecule has 0 radical (unpaired) electrons. The molecule has 3 aliphatic rings. The summed E-state index contributed by atoms with van der Waals surface area (Å²) in [4.78, 5) is 98.4. The van der Waals surface area contributed by atoms with Gasteiger partial charge in [-0.3, -0.25) is 33.6 Å². The lowest BCUT2D eigenvalue weighted by atomic mass is 10.1. The van der Waals surface area contributed by atoms with Crippen LogP contribution in [-0.4, -0.2) is 83.8 Å². The Hall–Kier alpha value is -7.11. The maximum absolute atomic E-state index is 12.2. The summed E-state index contributed by atoms with van der Waals surface area (Å²) in [5, 5.41) is 10.5. The zero-order valence-corrected chi connectivity index (χ0v) is 36.6. The van der Waals surface area contributed by atoms with Crippen LogP contribution in [0.4, 0.5) is 0 Å². The van der Waals surface area contributed by atoms with E-state index < -0.39 is 51.8 Å².